The minimum Gasteiger partial charge on any atom is -0.397 e. The number of rotatable bonds is 3. The van der Waals surface area contributed by atoms with E-state index in [0.717, 1.165) is 37.4 Å². The number of aryl methyl sites for hydroxylation is 1. The van der Waals surface area contributed by atoms with Gasteiger partial charge in [0.15, 0.2) is 0 Å². The van der Waals surface area contributed by atoms with E-state index in [1.165, 1.54) is 0 Å². The van der Waals surface area contributed by atoms with Gasteiger partial charge >= 0.3 is 11.8 Å². The Kier molecular flexibility index (Phi) is 5.61. The van der Waals surface area contributed by atoms with Gasteiger partial charge in [-0.05, 0) is 55.9 Å². The van der Waals surface area contributed by atoms with Crippen LogP contribution >= 0.6 is 0 Å². The number of hydrogen-bond donors (Lipinski definition) is 3. The standard InChI is InChI=1S/C20H25N5O2/c1-14-3-8-18(17(21)13-14)23-20(27)19(26)22-15-4-6-16(7-5-15)25-11-9-24(2)10-12-25/h3-8,13H,9-12,21H2,1-2H3,(H,22,26)(H,23,27). The Morgan fingerprint density at radius 1 is 0.926 bits per heavy atom. The van der Waals surface area contributed by atoms with E-state index < -0.39 is 11.8 Å². The van der Waals surface area contributed by atoms with Crippen molar-refractivity contribution in [1.82, 2.24) is 4.90 Å². The van der Waals surface area contributed by atoms with Crippen LogP contribution in [0.4, 0.5) is 22.7 Å². The number of carbonyl (C=O) groups excluding carboxylic acids is 2. The van der Waals surface area contributed by atoms with E-state index in [1.807, 2.05) is 25.1 Å². The molecular formula is C20H25N5O2. The van der Waals surface area contributed by atoms with Crippen molar-refractivity contribution in [3.63, 3.8) is 0 Å². The van der Waals surface area contributed by atoms with Crippen molar-refractivity contribution < 1.29 is 9.59 Å². The summed E-state index contributed by atoms with van der Waals surface area (Å²) in [4.78, 5) is 28.8. The molecule has 0 aliphatic carbocycles. The van der Waals surface area contributed by atoms with Crippen molar-refractivity contribution in [3.8, 4) is 0 Å². The molecule has 0 bridgehead atoms. The van der Waals surface area contributed by atoms with Crippen molar-refractivity contribution in [1.29, 1.82) is 0 Å². The molecule has 0 spiro atoms. The van der Waals surface area contributed by atoms with Crippen molar-refractivity contribution in [3.05, 3.63) is 48.0 Å². The van der Waals surface area contributed by atoms with Gasteiger partial charge in [-0.25, -0.2) is 0 Å². The second kappa shape index (κ2) is 8.09. The molecule has 1 aliphatic rings. The van der Waals surface area contributed by atoms with Gasteiger partial charge in [0.25, 0.3) is 0 Å². The number of hydrogen-bond acceptors (Lipinski definition) is 5. The van der Waals surface area contributed by atoms with Crippen molar-refractivity contribution in [2.75, 3.05) is 54.5 Å². The fraction of sp³-hybridized carbons (Fsp3) is 0.300. The molecule has 1 heterocycles. The molecule has 3 rings (SSSR count). The number of nitrogen functional groups attached to an aromatic ring is 1. The van der Waals surface area contributed by atoms with E-state index in [1.54, 1.807) is 24.3 Å². The summed E-state index contributed by atoms with van der Waals surface area (Å²) < 4.78 is 0. The van der Waals surface area contributed by atoms with Crippen LogP contribution in [0.2, 0.25) is 0 Å². The lowest BCUT2D eigenvalue weighted by Crippen LogP contribution is -2.44. The maximum atomic E-state index is 12.1. The van der Waals surface area contributed by atoms with Crippen LogP contribution in [0.1, 0.15) is 5.56 Å². The van der Waals surface area contributed by atoms with Gasteiger partial charge in [0.1, 0.15) is 0 Å². The van der Waals surface area contributed by atoms with Crippen molar-refractivity contribution in [2.24, 2.45) is 0 Å². The number of benzene rings is 2. The Morgan fingerprint density at radius 2 is 1.56 bits per heavy atom. The molecule has 142 valence electrons. The largest absolute Gasteiger partial charge is 0.397 e. The summed E-state index contributed by atoms with van der Waals surface area (Å²) in [6.07, 6.45) is 0. The number of likely N-dealkylation sites (N-methyl/N-ethyl adjacent to an activating group) is 1. The second-order valence-corrected chi connectivity index (χ2v) is 6.84. The fourth-order valence-corrected chi connectivity index (χ4v) is 2.98. The zero-order chi connectivity index (χ0) is 19.4. The Morgan fingerprint density at radius 3 is 2.19 bits per heavy atom. The van der Waals surface area contributed by atoms with Gasteiger partial charge in [-0.2, -0.15) is 0 Å². The van der Waals surface area contributed by atoms with Gasteiger partial charge < -0.3 is 26.2 Å². The highest BCUT2D eigenvalue weighted by molar-refractivity contribution is 6.43. The first kappa shape index (κ1) is 18.7. The SMILES string of the molecule is Cc1ccc(NC(=O)C(=O)Nc2ccc(N3CCN(C)CC3)cc2)c(N)c1. The highest BCUT2D eigenvalue weighted by Crippen LogP contribution is 2.21. The molecule has 1 fully saturated rings. The normalized spacial score (nSPS) is 14.7. The van der Waals surface area contributed by atoms with E-state index in [2.05, 4.69) is 27.5 Å². The first-order valence-corrected chi connectivity index (χ1v) is 8.94. The molecule has 0 unspecified atom stereocenters. The molecular weight excluding hydrogens is 342 g/mol. The zero-order valence-electron chi connectivity index (χ0n) is 15.7. The van der Waals surface area contributed by atoms with Crippen LogP contribution in [-0.2, 0) is 9.59 Å². The summed E-state index contributed by atoms with van der Waals surface area (Å²) >= 11 is 0. The number of amides is 2. The molecule has 1 aliphatic heterocycles. The maximum Gasteiger partial charge on any atom is 0.314 e. The van der Waals surface area contributed by atoms with Gasteiger partial charge in [-0.1, -0.05) is 6.07 Å². The number of anilines is 4. The van der Waals surface area contributed by atoms with E-state index in [-0.39, 0.29) is 0 Å². The van der Waals surface area contributed by atoms with E-state index in [9.17, 15) is 9.59 Å². The first-order valence-electron chi connectivity index (χ1n) is 8.94. The van der Waals surface area contributed by atoms with Crippen molar-refractivity contribution in [2.45, 2.75) is 6.92 Å². The smallest absolute Gasteiger partial charge is 0.314 e. The summed E-state index contributed by atoms with van der Waals surface area (Å²) in [5.74, 6) is -1.49. The molecule has 0 atom stereocenters. The Labute approximate surface area is 159 Å². The van der Waals surface area contributed by atoms with Gasteiger partial charge in [-0.3, -0.25) is 9.59 Å². The number of nitrogens with one attached hydrogen (secondary N) is 2. The summed E-state index contributed by atoms with van der Waals surface area (Å²) in [6.45, 7) is 5.91. The van der Waals surface area contributed by atoms with Gasteiger partial charge in [0.2, 0.25) is 0 Å². The average Bonchev–Trinajstić information content (AvgIpc) is 2.65. The third kappa shape index (κ3) is 4.77. The lowest BCUT2D eigenvalue weighted by molar-refractivity contribution is -0.132. The van der Waals surface area contributed by atoms with E-state index in [4.69, 9.17) is 5.73 Å². The predicted molar refractivity (Wildman–Crippen MR) is 109 cm³/mol. The zero-order valence-corrected chi connectivity index (χ0v) is 15.7. The predicted octanol–water partition coefficient (Wildman–Crippen LogP) is 1.91. The van der Waals surface area contributed by atoms with E-state index in [0.29, 0.717) is 17.1 Å². The molecule has 2 aromatic carbocycles. The summed E-state index contributed by atoms with van der Waals surface area (Å²) in [5.41, 5.74) is 9.38. The minimum atomic E-state index is -0.756. The fourth-order valence-electron chi connectivity index (χ4n) is 2.98. The molecule has 0 radical (unpaired) electrons. The monoisotopic (exact) mass is 367 g/mol. The molecule has 2 aromatic rings. The minimum absolute atomic E-state index is 0.422. The van der Waals surface area contributed by atoms with Crippen LogP contribution in [0.25, 0.3) is 0 Å². The molecule has 0 saturated carbocycles. The molecule has 1 saturated heterocycles. The Hall–Kier alpha value is -3.06. The Balaban J connectivity index is 1.57. The lowest BCUT2D eigenvalue weighted by atomic mass is 10.2. The molecule has 7 nitrogen and oxygen atoms in total. The lowest BCUT2D eigenvalue weighted by Gasteiger charge is -2.34. The summed E-state index contributed by atoms with van der Waals surface area (Å²) in [6, 6.07) is 12.8. The Bertz CT molecular complexity index is 827. The molecule has 27 heavy (non-hydrogen) atoms. The summed E-state index contributed by atoms with van der Waals surface area (Å²) in [7, 11) is 2.12. The third-order valence-electron chi connectivity index (χ3n) is 4.66. The van der Waals surface area contributed by atoms with Crippen LogP contribution in [0.5, 0.6) is 0 Å². The van der Waals surface area contributed by atoms with E-state index >= 15 is 0 Å². The molecule has 7 heteroatoms. The quantitative estimate of drug-likeness (QED) is 0.569. The topological polar surface area (TPSA) is 90.7 Å². The highest BCUT2D eigenvalue weighted by Gasteiger charge is 2.17. The van der Waals surface area contributed by atoms with Crippen LogP contribution in [0.3, 0.4) is 0 Å². The number of nitrogens with zero attached hydrogens (tertiary/aromatic N) is 2. The number of piperazine rings is 1. The maximum absolute atomic E-state index is 12.1. The molecule has 4 N–H and O–H groups in total. The number of nitrogens with two attached hydrogens (primary N) is 1. The second-order valence-electron chi connectivity index (χ2n) is 6.84. The van der Waals surface area contributed by atoms with Crippen molar-refractivity contribution >= 4 is 34.6 Å². The van der Waals surface area contributed by atoms with Crippen LogP contribution in [0, 0.1) is 6.92 Å². The van der Waals surface area contributed by atoms with Crippen LogP contribution in [-0.4, -0.2) is 49.9 Å². The third-order valence-corrected chi connectivity index (χ3v) is 4.66. The van der Waals surface area contributed by atoms with Gasteiger partial charge in [0, 0.05) is 37.6 Å². The number of carbonyl (C=O) groups is 2. The summed E-state index contributed by atoms with van der Waals surface area (Å²) in [5, 5.41) is 5.15. The highest BCUT2D eigenvalue weighted by atomic mass is 16.2. The van der Waals surface area contributed by atoms with Crippen LogP contribution < -0.4 is 21.3 Å². The van der Waals surface area contributed by atoms with Gasteiger partial charge in [0.05, 0.1) is 11.4 Å². The molecule has 2 amide bonds. The average molecular weight is 367 g/mol. The van der Waals surface area contributed by atoms with Crippen LogP contribution in [0.15, 0.2) is 42.5 Å². The van der Waals surface area contributed by atoms with Gasteiger partial charge in [-0.15, -0.1) is 0 Å². The first-order chi connectivity index (χ1) is 12.9. The molecule has 0 aromatic heterocycles.